The van der Waals surface area contributed by atoms with Crippen LogP contribution in [0.1, 0.15) is 48.9 Å². The van der Waals surface area contributed by atoms with Crippen LogP contribution in [0.15, 0.2) is 29.6 Å². The van der Waals surface area contributed by atoms with Crippen molar-refractivity contribution >= 4 is 17.2 Å². The molecule has 2 aromatic rings. The van der Waals surface area contributed by atoms with E-state index in [1.807, 2.05) is 10.3 Å². The molecule has 0 saturated carbocycles. The van der Waals surface area contributed by atoms with E-state index in [-0.39, 0.29) is 17.8 Å². The summed E-state index contributed by atoms with van der Waals surface area (Å²) >= 11 is 1.55. The standard InChI is InChI=1S/C21H27FN2O2S/c1-2-10-24(14-19-5-3-4-11-26-19)21(25)13-18-15-27-20(23-18)12-16-6-8-17(22)9-7-16/h6-9,15,19H,2-5,10-14H2,1H3. The van der Waals surface area contributed by atoms with Crippen molar-refractivity contribution in [1.29, 1.82) is 0 Å². The zero-order valence-electron chi connectivity index (χ0n) is 15.8. The van der Waals surface area contributed by atoms with Gasteiger partial charge in [0.2, 0.25) is 5.91 Å². The molecule has 1 aliphatic heterocycles. The topological polar surface area (TPSA) is 42.4 Å². The average Bonchev–Trinajstić information content (AvgIpc) is 3.11. The first-order chi connectivity index (χ1) is 13.1. The van der Waals surface area contributed by atoms with Crippen LogP contribution < -0.4 is 0 Å². The molecule has 1 aromatic heterocycles. The van der Waals surface area contributed by atoms with Crippen LogP contribution in [0.5, 0.6) is 0 Å². The zero-order chi connectivity index (χ0) is 19.1. The Morgan fingerprint density at radius 3 is 2.85 bits per heavy atom. The lowest BCUT2D eigenvalue weighted by molar-refractivity contribution is -0.133. The van der Waals surface area contributed by atoms with Crippen LogP contribution in [0.25, 0.3) is 0 Å². The lowest BCUT2D eigenvalue weighted by atomic mass is 10.1. The summed E-state index contributed by atoms with van der Waals surface area (Å²) in [5.74, 6) is -0.119. The largest absolute Gasteiger partial charge is 0.376 e. The van der Waals surface area contributed by atoms with Crippen LogP contribution in [0.3, 0.4) is 0 Å². The van der Waals surface area contributed by atoms with Gasteiger partial charge in [-0.15, -0.1) is 11.3 Å². The number of hydrogen-bond donors (Lipinski definition) is 0. The molecule has 1 aromatic carbocycles. The van der Waals surface area contributed by atoms with Gasteiger partial charge in [0, 0.05) is 31.5 Å². The number of ether oxygens (including phenoxy) is 1. The second-order valence-electron chi connectivity index (χ2n) is 7.04. The maximum Gasteiger partial charge on any atom is 0.228 e. The van der Waals surface area contributed by atoms with E-state index in [4.69, 9.17) is 4.74 Å². The van der Waals surface area contributed by atoms with E-state index in [0.717, 1.165) is 48.7 Å². The normalized spacial score (nSPS) is 17.0. The van der Waals surface area contributed by atoms with Gasteiger partial charge >= 0.3 is 0 Å². The lowest BCUT2D eigenvalue weighted by Crippen LogP contribution is -2.41. The van der Waals surface area contributed by atoms with E-state index >= 15 is 0 Å². The molecule has 146 valence electrons. The summed E-state index contributed by atoms with van der Waals surface area (Å²) in [7, 11) is 0. The highest BCUT2D eigenvalue weighted by atomic mass is 32.1. The molecule has 6 heteroatoms. The molecule has 3 rings (SSSR count). The number of aromatic nitrogens is 1. The highest BCUT2D eigenvalue weighted by Gasteiger charge is 2.21. The van der Waals surface area contributed by atoms with Crippen molar-refractivity contribution in [1.82, 2.24) is 9.88 Å². The fourth-order valence-electron chi connectivity index (χ4n) is 3.34. The molecule has 1 saturated heterocycles. The van der Waals surface area contributed by atoms with Gasteiger partial charge in [0.1, 0.15) is 5.82 Å². The molecule has 1 amide bonds. The summed E-state index contributed by atoms with van der Waals surface area (Å²) in [5, 5.41) is 2.90. The minimum Gasteiger partial charge on any atom is -0.376 e. The van der Waals surface area contributed by atoms with E-state index < -0.39 is 0 Å². The third-order valence-corrected chi connectivity index (χ3v) is 5.64. The summed E-state index contributed by atoms with van der Waals surface area (Å²) in [6.07, 6.45) is 5.42. The zero-order valence-corrected chi connectivity index (χ0v) is 16.6. The van der Waals surface area contributed by atoms with Gasteiger partial charge in [-0.05, 0) is 43.4 Å². The number of nitrogens with zero attached hydrogens (tertiary/aromatic N) is 2. The Bertz CT molecular complexity index is 726. The Hall–Kier alpha value is -1.79. The molecule has 0 N–H and O–H groups in total. The van der Waals surface area contributed by atoms with Crippen LogP contribution in [0.2, 0.25) is 0 Å². The van der Waals surface area contributed by atoms with Gasteiger partial charge in [-0.1, -0.05) is 19.1 Å². The summed E-state index contributed by atoms with van der Waals surface area (Å²) in [4.78, 5) is 19.3. The molecule has 1 fully saturated rings. The average molecular weight is 391 g/mol. The molecule has 1 unspecified atom stereocenters. The number of carbonyl (C=O) groups is 1. The van der Waals surface area contributed by atoms with Crippen molar-refractivity contribution in [2.45, 2.75) is 51.6 Å². The third-order valence-electron chi connectivity index (χ3n) is 4.74. The Balaban J connectivity index is 1.56. The maximum atomic E-state index is 13.0. The highest BCUT2D eigenvalue weighted by molar-refractivity contribution is 7.09. The highest BCUT2D eigenvalue weighted by Crippen LogP contribution is 2.18. The smallest absolute Gasteiger partial charge is 0.228 e. The van der Waals surface area contributed by atoms with E-state index in [1.54, 1.807) is 23.5 Å². The van der Waals surface area contributed by atoms with Gasteiger partial charge in [-0.25, -0.2) is 9.37 Å². The maximum absolute atomic E-state index is 13.0. The first kappa shape index (κ1) is 20.0. The minimum absolute atomic E-state index is 0.115. The summed E-state index contributed by atoms with van der Waals surface area (Å²) in [5.41, 5.74) is 1.83. The molecule has 1 atom stereocenters. The van der Waals surface area contributed by atoms with Crippen LogP contribution in [-0.2, 0) is 22.4 Å². The molecule has 1 aliphatic rings. The number of carbonyl (C=O) groups excluding carboxylic acids is 1. The van der Waals surface area contributed by atoms with E-state index in [2.05, 4.69) is 11.9 Å². The van der Waals surface area contributed by atoms with Crippen LogP contribution in [0, 0.1) is 5.82 Å². The Labute approximate surface area is 164 Å². The molecular weight excluding hydrogens is 363 g/mol. The van der Waals surface area contributed by atoms with Crippen molar-refractivity contribution < 1.29 is 13.9 Å². The van der Waals surface area contributed by atoms with Gasteiger partial charge in [-0.2, -0.15) is 0 Å². The van der Waals surface area contributed by atoms with Crippen molar-refractivity contribution in [2.24, 2.45) is 0 Å². The number of benzene rings is 1. The third kappa shape index (κ3) is 6.11. The van der Waals surface area contributed by atoms with E-state index in [1.165, 1.54) is 18.6 Å². The monoisotopic (exact) mass is 390 g/mol. The molecular formula is C21H27FN2O2S. The van der Waals surface area contributed by atoms with Crippen LogP contribution in [0.4, 0.5) is 4.39 Å². The van der Waals surface area contributed by atoms with Gasteiger partial charge in [0.25, 0.3) is 0 Å². The molecule has 0 aliphatic carbocycles. The number of thiazole rings is 1. The first-order valence-electron chi connectivity index (χ1n) is 9.71. The van der Waals surface area contributed by atoms with Crippen LogP contribution in [-0.4, -0.2) is 41.6 Å². The fraction of sp³-hybridized carbons (Fsp3) is 0.524. The SMILES string of the molecule is CCCN(CC1CCCCO1)C(=O)Cc1csc(Cc2ccc(F)cc2)n1. The fourth-order valence-corrected chi connectivity index (χ4v) is 4.17. The van der Waals surface area contributed by atoms with Gasteiger partial charge in [0.05, 0.1) is 23.2 Å². The van der Waals surface area contributed by atoms with Gasteiger partial charge < -0.3 is 9.64 Å². The van der Waals surface area contributed by atoms with Crippen molar-refractivity contribution in [3.8, 4) is 0 Å². The second-order valence-corrected chi connectivity index (χ2v) is 7.98. The Morgan fingerprint density at radius 1 is 1.33 bits per heavy atom. The number of hydrogen-bond acceptors (Lipinski definition) is 4. The summed E-state index contributed by atoms with van der Waals surface area (Å²) < 4.78 is 18.8. The molecule has 0 radical (unpaired) electrons. The van der Waals surface area contributed by atoms with Crippen molar-refractivity contribution in [3.63, 3.8) is 0 Å². The predicted molar refractivity (Wildman–Crippen MR) is 105 cm³/mol. The molecule has 27 heavy (non-hydrogen) atoms. The Kier molecular flexibility index (Phi) is 7.35. The number of rotatable bonds is 8. The number of halogens is 1. The first-order valence-corrected chi connectivity index (χ1v) is 10.6. The quantitative estimate of drug-likeness (QED) is 0.678. The lowest BCUT2D eigenvalue weighted by Gasteiger charge is -2.29. The van der Waals surface area contributed by atoms with Gasteiger partial charge in [-0.3, -0.25) is 4.79 Å². The van der Waals surface area contributed by atoms with Gasteiger partial charge in [0.15, 0.2) is 0 Å². The van der Waals surface area contributed by atoms with Crippen molar-refractivity contribution in [3.05, 3.63) is 51.7 Å². The predicted octanol–water partition coefficient (Wildman–Crippen LogP) is 4.22. The molecule has 2 heterocycles. The molecule has 4 nitrogen and oxygen atoms in total. The van der Waals surface area contributed by atoms with Crippen LogP contribution >= 0.6 is 11.3 Å². The molecule has 0 bridgehead atoms. The van der Waals surface area contributed by atoms with Crippen molar-refractivity contribution in [2.75, 3.05) is 19.7 Å². The minimum atomic E-state index is -0.234. The van der Waals surface area contributed by atoms with E-state index in [9.17, 15) is 9.18 Å². The summed E-state index contributed by atoms with van der Waals surface area (Å²) in [6, 6.07) is 6.47. The number of amides is 1. The van der Waals surface area contributed by atoms with E-state index in [0.29, 0.717) is 19.4 Å². The second kappa shape index (κ2) is 9.95. The Morgan fingerprint density at radius 2 is 2.15 bits per heavy atom. The molecule has 0 spiro atoms. The summed E-state index contributed by atoms with van der Waals surface area (Å²) in [6.45, 7) is 4.33.